The van der Waals surface area contributed by atoms with Crippen LogP contribution >= 0.6 is 21.6 Å². The molecule has 2 atom stereocenters. The Morgan fingerprint density at radius 1 is 1.44 bits per heavy atom. The van der Waals surface area contributed by atoms with Crippen molar-refractivity contribution in [2.45, 2.75) is 41.7 Å². The first kappa shape index (κ1) is 24.4. The molecule has 0 N–H and O–H groups in total. The number of nitrogens with zero attached hydrogens (tertiary/aromatic N) is 2. The third-order valence-electron chi connectivity index (χ3n) is 3.29. The molecule has 1 aromatic rings. The number of pyridine rings is 1. The Morgan fingerprint density at radius 3 is 2.70 bits per heavy atom. The number of carbonyl (C=O) groups is 3. The smallest absolute Gasteiger partial charge is 0.747 e. The van der Waals surface area contributed by atoms with Crippen molar-refractivity contribution >= 4 is 49.5 Å². The largest absolute Gasteiger partial charge is 1.00 e. The van der Waals surface area contributed by atoms with Gasteiger partial charge in [-0.25, -0.2) is 18.2 Å². The number of amides is 2. The predicted octanol–water partition coefficient (Wildman–Crippen LogP) is -1.87. The molecule has 2 rings (SSSR count). The van der Waals surface area contributed by atoms with Crippen LogP contribution in [-0.4, -0.2) is 51.3 Å². The van der Waals surface area contributed by atoms with Gasteiger partial charge in [0.2, 0.25) is 0 Å². The summed E-state index contributed by atoms with van der Waals surface area (Å²) >= 11 is 0. The van der Waals surface area contributed by atoms with Gasteiger partial charge in [-0.3, -0.25) is 9.59 Å². The molecular formula is C14H15N2NaO7S3. The number of carbonyl (C=O) groups excluding carboxylic acids is 3. The fourth-order valence-corrected chi connectivity index (χ4v) is 4.73. The van der Waals surface area contributed by atoms with Gasteiger partial charge >= 0.3 is 35.5 Å². The van der Waals surface area contributed by atoms with Gasteiger partial charge in [-0.2, -0.15) is 0 Å². The number of hydroxylamine groups is 2. The standard InChI is InChI=1S/C14H16N2O7S3.Na/c1-9(24-25-11-4-2-3-7-15-11)5-6-13(18)23-16-12(17)8-10(14(16)19)26(20,21)22;/h2-4,7,9-10H,5-6,8H2,1H3,(H,20,21,22);/q;+1/p-1. The summed E-state index contributed by atoms with van der Waals surface area (Å²) in [5, 5.41) is -1.09. The zero-order chi connectivity index (χ0) is 19.3. The Morgan fingerprint density at radius 2 is 2.15 bits per heavy atom. The first-order chi connectivity index (χ1) is 12.2. The first-order valence-electron chi connectivity index (χ1n) is 7.45. The molecule has 0 radical (unpaired) electrons. The Hall–Kier alpha value is -0.630. The van der Waals surface area contributed by atoms with Gasteiger partial charge in [0.25, 0.3) is 11.8 Å². The van der Waals surface area contributed by atoms with E-state index in [0.717, 1.165) is 5.03 Å². The quantitative estimate of drug-likeness (QED) is 0.195. The van der Waals surface area contributed by atoms with E-state index >= 15 is 0 Å². The summed E-state index contributed by atoms with van der Waals surface area (Å²) in [7, 11) is -2.03. The fourth-order valence-electron chi connectivity index (χ4n) is 1.95. The van der Waals surface area contributed by atoms with Crippen LogP contribution in [0.25, 0.3) is 0 Å². The molecule has 2 unspecified atom stereocenters. The van der Waals surface area contributed by atoms with E-state index in [1.807, 2.05) is 19.1 Å². The minimum atomic E-state index is -4.98. The van der Waals surface area contributed by atoms with Crippen molar-refractivity contribution < 1.29 is 61.7 Å². The molecule has 1 fully saturated rings. The molecule has 1 saturated heterocycles. The fraction of sp³-hybridized carbons (Fsp3) is 0.429. The molecule has 0 spiro atoms. The van der Waals surface area contributed by atoms with Gasteiger partial charge < -0.3 is 9.39 Å². The van der Waals surface area contributed by atoms with Crippen molar-refractivity contribution in [1.29, 1.82) is 0 Å². The molecule has 2 amide bonds. The van der Waals surface area contributed by atoms with Crippen LogP contribution in [0.1, 0.15) is 26.2 Å². The van der Waals surface area contributed by atoms with Crippen molar-refractivity contribution in [2.75, 3.05) is 0 Å². The summed E-state index contributed by atoms with van der Waals surface area (Å²) in [5.41, 5.74) is 0. The Bertz CT molecular complexity index is 791. The van der Waals surface area contributed by atoms with E-state index in [2.05, 4.69) is 9.82 Å². The van der Waals surface area contributed by atoms with Gasteiger partial charge in [0.1, 0.15) is 20.4 Å². The van der Waals surface area contributed by atoms with E-state index in [1.54, 1.807) is 12.3 Å². The van der Waals surface area contributed by atoms with Crippen LogP contribution in [0.4, 0.5) is 0 Å². The van der Waals surface area contributed by atoms with E-state index in [9.17, 15) is 27.4 Å². The third-order valence-corrected chi connectivity index (χ3v) is 7.22. The van der Waals surface area contributed by atoms with Crippen LogP contribution in [0.5, 0.6) is 0 Å². The van der Waals surface area contributed by atoms with Gasteiger partial charge in [-0.1, -0.05) is 23.8 Å². The van der Waals surface area contributed by atoms with Gasteiger partial charge in [0, 0.05) is 17.9 Å². The topological polar surface area (TPSA) is 134 Å². The predicted molar refractivity (Wildman–Crippen MR) is 92.4 cm³/mol. The summed E-state index contributed by atoms with van der Waals surface area (Å²) < 4.78 is 32.8. The number of aromatic nitrogens is 1. The molecule has 0 aliphatic carbocycles. The van der Waals surface area contributed by atoms with Crippen LogP contribution in [0.15, 0.2) is 29.4 Å². The molecule has 2 heterocycles. The van der Waals surface area contributed by atoms with E-state index in [0.29, 0.717) is 6.42 Å². The number of rotatable bonds is 8. The van der Waals surface area contributed by atoms with Crippen LogP contribution in [-0.2, 0) is 29.3 Å². The second-order valence-corrected chi connectivity index (χ2v) is 9.59. The number of hydrogen-bond acceptors (Lipinski definition) is 10. The van der Waals surface area contributed by atoms with Crippen molar-refractivity contribution in [1.82, 2.24) is 10.0 Å². The summed E-state index contributed by atoms with van der Waals surface area (Å²) in [6, 6.07) is 5.51. The van der Waals surface area contributed by atoms with Crippen LogP contribution in [0.2, 0.25) is 0 Å². The summed E-state index contributed by atoms with van der Waals surface area (Å²) in [5.74, 6) is -3.21. The van der Waals surface area contributed by atoms with E-state index < -0.39 is 39.6 Å². The van der Waals surface area contributed by atoms with Crippen LogP contribution < -0.4 is 29.6 Å². The van der Waals surface area contributed by atoms with Crippen molar-refractivity contribution in [3.63, 3.8) is 0 Å². The number of hydrogen-bond donors (Lipinski definition) is 0. The van der Waals surface area contributed by atoms with E-state index in [1.165, 1.54) is 21.6 Å². The average Bonchev–Trinajstić information content (AvgIpc) is 2.87. The molecule has 1 aliphatic rings. The zero-order valence-corrected chi connectivity index (χ0v) is 19.0. The molecule has 13 heteroatoms. The third kappa shape index (κ3) is 7.37. The first-order valence-corrected chi connectivity index (χ1v) is 11.1. The second-order valence-electron chi connectivity index (χ2n) is 5.37. The second kappa shape index (κ2) is 10.8. The normalized spacial score (nSPS) is 18.1. The molecule has 9 nitrogen and oxygen atoms in total. The van der Waals surface area contributed by atoms with E-state index in [-0.39, 0.29) is 46.3 Å². The van der Waals surface area contributed by atoms with Gasteiger partial charge in [0.15, 0.2) is 0 Å². The van der Waals surface area contributed by atoms with Crippen LogP contribution in [0, 0.1) is 0 Å². The molecule has 0 bridgehead atoms. The Kier molecular flexibility index (Phi) is 9.75. The average molecular weight is 442 g/mol. The summed E-state index contributed by atoms with van der Waals surface area (Å²) in [6.45, 7) is 1.89. The maximum absolute atomic E-state index is 11.8. The molecule has 0 saturated carbocycles. The minimum absolute atomic E-state index is 0. The van der Waals surface area contributed by atoms with Gasteiger partial charge in [0.05, 0.1) is 6.42 Å². The monoisotopic (exact) mass is 442 g/mol. The molecular weight excluding hydrogens is 427 g/mol. The Balaban J connectivity index is 0.00000364. The Labute approximate surface area is 186 Å². The van der Waals surface area contributed by atoms with Gasteiger partial charge in [-0.15, -0.1) is 5.06 Å². The molecule has 27 heavy (non-hydrogen) atoms. The maximum atomic E-state index is 11.8. The SMILES string of the molecule is CC(CCC(=O)ON1C(=O)CC(S(=O)(=O)[O-])C1=O)SSc1ccccn1.[Na+]. The summed E-state index contributed by atoms with van der Waals surface area (Å²) in [6.07, 6.45) is 1.18. The minimum Gasteiger partial charge on any atom is -0.747 e. The number of imide groups is 1. The van der Waals surface area contributed by atoms with Gasteiger partial charge in [-0.05, 0) is 29.3 Å². The summed E-state index contributed by atoms with van der Waals surface area (Å²) in [4.78, 5) is 43.9. The zero-order valence-electron chi connectivity index (χ0n) is 14.6. The van der Waals surface area contributed by atoms with Crippen molar-refractivity contribution in [3.05, 3.63) is 24.4 Å². The van der Waals surface area contributed by atoms with E-state index in [4.69, 9.17) is 0 Å². The molecule has 0 aromatic carbocycles. The van der Waals surface area contributed by atoms with Crippen LogP contribution in [0.3, 0.4) is 0 Å². The van der Waals surface area contributed by atoms with Crippen molar-refractivity contribution in [2.24, 2.45) is 0 Å². The molecule has 1 aliphatic heterocycles. The maximum Gasteiger partial charge on any atom is 1.00 e. The molecule has 1 aromatic heterocycles. The van der Waals surface area contributed by atoms with Crippen molar-refractivity contribution in [3.8, 4) is 0 Å². The molecule has 142 valence electrons.